The molecule has 0 N–H and O–H groups in total. The molecule has 4 rings (SSSR count). The third-order valence-electron chi connectivity index (χ3n) is 4.95. The molecule has 2 saturated heterocycles. The van der Waals surface area contributed by atoms with Crippen LogP contribution < -0.4 is 4.90 Å². The van der Waals surface area contributed by atoms with E-state index in [0.29, 0.717) is 0 Å². The van der Waals surface area contributed by atoms with Gasteiger partial charge < -0.3 is 9.64 Å². The van der Waals surface area contributed by atoms with E-state index >= 15 is 0 Å². The van der Waals surface area contributed by atoms with Crippen LogP contribution in [0.15, 0.2) is 18.6 Å². The Morgan fingerprint density at radius 1 is 1.24 bits per heavy atom. The molecule has 1 aliphatic carbocycles. The molecule has 0 amide bonds. The first kappa shape index (κ1) is 13.5. The van der Waals surface area contributed by atoms with Crippen molar-refractivity contribution in [3.05, 3.63) is 18.6 Å². The van der Waals surface area contributed by atoms with Crippen molar-refractivity contribution >= 4 is 5.82 Å². The molecule has 21 heavy (non-hydrogen) atoms. The maximum Gasteiger partial charge on any atom is 0.147 e. The van der Waals surface area contributed by atoms with Gasteiger partial charge in [-0.3, -0.25) is 9.88 Å². The predicted molar refractivity (Wildman–Crippen MR) is 81.3 cm³/mol. The molecule has 1 spiro atoms. The van der Waals surface area contributed by atoms with Crippen molar-refractivity contribution < 1.29 is 4.74 Å². The maximum atomic E-state index is 6.26. The fraction of sp³-hybridized carbons (Fsp3) is 0.750. The van der Waals surface area contributed by atoms with Gasteiger partial charge >= 0.3 is 0 Å². The Labute approximate surface area is 126 Å². The summed E-state index contributed by atoms with van der Waals surface area (Å²) < 4.78 is 6.26. The summed E-state index contributed by atoms with van der Waals surface area (Å²) in [4.78, 5) is 13.6. The first-order valence-corrected chi connectivity index (χ1v) is 8.20. The fourth-order valence-corrected chi connectivity index (χ4v) is 3.74. The summed E-state index contributed by atoms with van der Waals surface area (Å²) >= 11 is 0. The Kier molecular flexibility index (Phi) is 3.55. The summed E-state index contributed by atoms with van der Waals surface area (Å²) in [6.07, 6.45) is 10.6. The second-order valence-electron chi connectivity index (χ2n) is 6.80. The van der Waals surface area contributed by atoms with Crippen molar-refractivity contribution in [1.29, 1.82) is 0 Å². The molecule has 1 aromatic heterocycles. The molecule has 0 radical (unpaired) electrons. The van der Waals surface area contributed by atoms with Crippen LogP contribution in [0.4, 0.5) is 5.82 Å². The van der Waals surface area contributed by atoms with Gasteiger partial charge in [0.15, 0.2) is 0 Å². The summed E-state index contributed by atoms with van der Waals surface area (Å²) in [5.74, 6) is 1.94. The Morgan fingerprint density at radius 3 is 3.00 bits per heavy atom. The van der Waals surface area contributed by atoms with Gasteiger partial charge in [0.2, 0.25) is 0 Å². The van der Waals surface area contributed by atoms with Crippen molar-refractivity contribution in [2.45, 2.75) is 31.3 Å². The predicted octanol–water partition coefficient (Wildman–Crippen LogP) is 1.56. The van der Waals surface area contributed by atoms with E-state index in [1.165, 1.54) is 32.2 Å². The summed E-state index contributed by atoms with van der Waals surface area (Å²) in [6.45, 7) is 6.35. The molecule has 1 atom stereocenters. The van der Waals surface area contributed by atoms with Gasteiger partial charge in [0.05, 0.1) is 18.4 Å². The lowest BCUT2D eigenvalue weighted by atomic mass is 9.90. The molecule has 1 aromatic rings. The molecular formula is C16H24N4O. The highest BCUT2D eigenvalue weighted by Gasteiger charge is 2.41. The Morgan fingerprint density at radius 2 is 2.19 bits per heavy atom. The number of morpholine rings is 1. The Balaban J connectivity index is 1.45. The van der Waals surface area contributed by atoms with Gasteiger partial charge in [-0.05, 0) is 31.6 Å². The highest BCUT2D eigenvalue weighted by Crippen LogP contribution is 2.34. The van der Waals surface area contributed by atoms with Crippen molar-refractivity contribution in [2.75, 3.05) is 44.2 Å². The molecule has 1 unspecified atom stereocenters. The second kappa shape index (κ2) is 5.54. The standard InChI is InChI=1S/C16H24N4O/c1-4-16(12-19(8-9-21-16)11-14-2-3-14)13-20(7-1)15-10-17-5-6-18-15/h5-6,10,14H,1-4,7-9,11-13H2. The van der Waals surface area contributed by atoms with E-state index in [1.807, 2.05) is 6.20 Å². The number of piperidine rings is 1. The minimum Gasteiger partial charge on any atom is -0.370 e. The first-order chi connectivity index (χ1) is 10.3. The largest absolute Gasteiger partial charge is 0.370 e. The van der Waals surface area contributed by atoms with Gasteiger partial charge in [0.1, 0.15) is 5.82 Å². The summed E-state index contributed by atoms with van der Waals surface area (Å²) in [6, 6.07) is 0. The van der Waals surface area contributed by atoms with Crippen molar-refractivity contribution in [3.63, 3.8) is 0 Å². The topological polar surface area (TPSA) is 41.5 Å². The van der Waals surface area contributed by atoms with Crippen LogP contribution in [0, 0.1) is 5.92 Å². The van der Waals surface area contributed by atoms with Gasteiger partial charge in [-0.2, -0.15) is 0 Å². The van der Waals surface area contributed by atoms with Gasteiger partial charge in [-0.25, -0.2) is 4.98 Å². The number of hydrogen-bond acceptors (Lipinski definition) is 5. The molecule has 3 aliphatic rings. The van der Waals surface area contributed by atoms with E-state index in [0.717, 1.165) is 44.5 Å². The van der Waals surface area contributed by atoms with Gasteiger partial charge in [0, 0.05) is 45.1 Å². The van der Waals surface area contributed by atoms with E-state index in [-0.39, 0.29) is 5.60 Å². The average molecular weight is 288 g/mol. The van der Waals surface area contributed by atoms with E-state index in [4.69, 9.17) is 4.74 Å². The molecule has 3 heterocycles. The highest BCUT2D eigenvalue weighted by molar-refractivity contribution is 5.36. The number of hydrogen-bond donors (Lipinski definition) is 0. The highest BCUT2D eigenvalue weighted by atomic mass is 16.5. The molecule has 5 nitrogen and oxygen atoms in total. The van der Waals surface area contributed by atoms with E-state index in [2.05, 4.69) is 19.8 Å². The van der Waals surface area contributed by atoms with E-state index in [9.17, 15) is 0 Å². The number of ether oxygens (including phenoxy) is 1. The summed E-state index contributed by atoms with van der Waals surface area (Å²) in [7, 11) is 0. The number of anilines is 1. The van der Waals surface area contributed by atoms with Crippen LogP contribution in [-0.2, 0) is 4.74 Å². The fourth-order valence-electron chi connectivity index (χ4n) is 3.74. The third-order valence-corrected chi connectivity index (χ3v) is 4.95. The number of aromatic nitrogens is 2. The average Bonchev–Trinajstić information content (AvgIpc) is 3.32. The number of rotatable bonds is 3. The van der Waals surface area contributed by atoms with Crippen LogP contribution in [-0.4, -0.2) is 59.8 Å². The lowest BCUT2D eigenvalue weighted by Gasteiger charge is -2.48. The molecule has 114 valence electrons. The van der Waals surface area contributed by atoms with Crippen LogP contribution in [0.25, 0.3) is 0 Å². The zero-order valence-electron chi connectivity index (χ0n) is 12.6. The minimum atomic E-state index is 0.00289. The maximum absolute atomic E-state index is 6.26. The smallest absolute Gasteiger partial charge is 0.147 e. The van der Waals surface area contributed by atoms with Gasteiger partial charge in [-0.1, -0.05) is 0 Å². The molecule has 2 aliphatic heterocycles. The summed E-state index contributed by atoms with van der Waals surface area (Å²) in [5.41, 5.74) is 0.00289. The van der Waals surface area contributed by atoms with Crippen LogP contribution >= 0.6 is 0 Å². The van der Waals surface area contributed by atoms with Crippen LogP contribution in [0.1, 0.15) is 25.7 Å². The summed E-state index contributed by atoms with van der Waals surface area (Å²) in [5, 5.41) is 0. The van der Waals surface area contributed by atoms with Crippen LogP contribution in [0.5, 0.6) is 0 Å². The van der Waals surface area contributed by atoms with E-state index in [1.54, 1.807) is 12.4 Å². The third kappa shape index (κ3) is 3.04. The van der Waals surface area contributed by atoms with Gasteiger partial charge in [0.25, 0.3) is 0 Å². The monoisotopic (exact) mass is 288 g/mol. The first-order valence-electron chi connectivity index (χ1n) is 8.20. The van der Waals surface area contributed by atoms with Crippen LogP contribution in [0.2, 0.25) is 0 Å². The van der Waals surface area contributed by atoms with Crippen molar-refractivity contribution in [3.8, 4) is 0 Å². The van der Waals surface area contributed by atoms with Crippen molar-refractivity contribution in [1.82, 2.24) is 14.9 Å². The Bertz CT molecular complexity index is 474. The molecule has 1 saturated carbocycles. The van der Waals surface area contributed by atoms with E-state index < -0.39 is 0 Å². The molecule has 0 bridgehead atoms. The SMILES string of the molecule is c1cnc(N2CCCC3(CN(CC4CC4)CCO3)C2)cn1. The lowest BCUT2D eigenvalue weighted by molar-refractivity contribution is -0.115. The lowest BCUT2D eigenvalue weighted by Crippen LogP contribution is -2.60. The Hall–Kier alpha value is -1.20. The molecule has 5 heteroatoms. The molecular weight excluding hydrogens is 264 g/mol. The zero-order valence-corrected chi connectivity index (χ0v) is 12.6. The molecule has 3 fully saturated rings. The normalized spacial score (nSPS) is 30.8. The zero-order chi connectivity index (χ0) is 14.1. The molecule has 0 aromatic carbocycles. The number of nitrogens with zero attached hydrogens (tertiary/aromatic N) is 4. The van der Waals surface area contributed by atoms with Crippen molar-refractivity contribution in [2.24, 2.45) is 5.92 Å². The minimum absolute atomic E-state index is 0.00289. The van der Waals surface area contributed by atoms with Gasteiger partial charge in [-0.15, -0.1) is 0 Å². The van der Waals surface area contributed by atoms with Crippen LogP contribution in [0.3, 0.4) is 0 Å². The quantitative estimate of drug-likeness (QED) is 0.844. The second-order valence-corrected chi connectivity index (χ2v) is 6.80.